The summed E-state index contributed by atoms with van der Waals surface area (Å²) in [5, 5.41) is 14.7. The number of hydrogen-bond donors (Lipinski definition) is 2. The maximum atomic E-state index is 4.98. The molecule has 5 aromatic heterocycles. The normalized spacial score (nSPS) is 19.1. The van der Waals surface area contributed by atoms with E-state index in [-0.39, 0.29) is 5.54 Å². The Hall–Kier alpha value is -3.75. The fourth-order valence-electron chi connectivity index (χ4n) is 6.71. The number of rotatable bonds is 11. The van der Waals surface area contributed by atoms with E-state index in [1.165, 1.54) is 29.5 Å². The minimum absolute atomic E-state index is 0.255. The number of anilines is 3. The van der Waals surface area contributed by atoms with E-state index in [2.05, 4.69) is 74.4 Å². The number of likely N-dealkylation sites (tertiary alicyclic amines) is 1. The van der Waals surface area contributed by atoms with Gasteiger partial charge in [0.1, 0.15) is 0 Å². The average molecular weight is 738 g/mol. The van der Waals surface area contributed by atoms with Gasteiger partial charge in [0.15, 0.2) is 20.6 Å². The molecular weight excluding hydrogens is 699 g/mol. The van der Waals surface area contributed by atoms with Gasteiger partial charge in [-0.1, -0.05) is 42.2 Å². The van der Waals surface area contributed by atoms with Gasteiger partial charge >= 0.3 is 0 Å². The quantitative estimate of drug-likeness (QED) is 0.135. The zero-order chi connectivity index (χ0) is 33.9. The predicted octanol–water partition coefficient (Wildman–Crippen LogP) is 9.32. The van der Waals surface area contributed by atoms with Crippen molar-refractivity contribution in [2.24, 2.45) is 16.8 Å². The highest BCUT2D eigenvalue weighted by molar-refractivity contribution is 8.14. The number of aryl methyl sites for hydroxylation is 1. The molecule has 0 saturated carbocycles. The van der Waals surface area contributed by atoms with Crippen molar-refractivity contribution in [3.05, 3.63) is 94.8 Å². The van der Waals surface area contributed by atoms with Gasteiger partial charge in [-0.25, -0.2) is 15.0 Å². The summed E-state index contributed by atoms with van der Waals surface area (Å²) < 4.78 is 1.22. The van der Waals surface area contributed by atoms with Crippen molar-refractivity contribution in [2.45, 2.75) is 51.6 Å². The van der Waals surface area contributed by atoms with Crippen LogP contribution in [-0.4, -0.2) is 53.8 Å². The fourth-order valence-corrected chi connectivity index (χ4v) is 10.3. The number of pyridine rings is 2. The van der Waals surface area contributed by atoms with E-state index in [0.29, 0.717) is 5.92 Å². The Bertz CT molecular complexity index is 2070. The number of aliphatic imine (C=N–C) groups is 1. The first-order valence-corrected chi connectivity index (χ1v) is 20.6. The van der Waals surface area contributed by atoms with Crippen molar-refractivity contribution in [2.75, 3.05) is 29.5 Å². The predicted molar refractivity (Wildman–Crippen MR) is 211 cm³/mol. The molecule has 0 aliphatic carbocycles. The van der Waals surface area contributed by atoms with Crippen molar-refractivity contribution in [1.82, 2.24) is 29.8 Å². The van der Waals surface area contributed by atoms with Crippen LogP contribution < -0.4 is 10.6 Å². The number of amidine groups is 1. The number of thiazole rings is 3. The first-order valence-electron chi connectivity index (χ1n) is 17.1. The highest BCUT2D eigenvalue weighted by atomic mass is 32.2. The first-order chi connectivity index (χ1) is 24.5. The molecule has 2 unspecified atom stereocenters. The zero-order valence-corrected chi connectivity index (χ0v) is 31.3. The molecule has 0 spiro atoms. The minimum Gasteiger partial charge on any atom is -0.311 e. The molecule has 0 bridgehead atoms. The molecule has 0 amide bonds. The Labute approximate surface area is 308 Å². The van der Waals surface area contributed by atoms with Gasteiger partial charge in [0.25, 0.3) is 0 Å². The molecule has 2 N–H and O–H groups in total. The maximum Gasteiger partial charge on any atom is 0.190 e. The van der Waals surface area contributed by atoms with Crippen LogP contribution in [0.15, 0.2) is 83.0 Å². The van der Waals surface area contributed by atoms with Gasteiger partial charge in [-0.15, -0.1) is 22.7 Å². The second-order valence-corrected chi connectivity index (χ2v) is 17.1. The summed E-state index contributed by atoms with van der Waals surface area (Å²) in [4.78, 5) is 30.5. The van der Waals surface area contributed by atoms with E-state index in [4.69, 9.17) is 19.9 Å². The van der Waals surface area contributed by atoms with Crippen LogP contribution in [-0.2, 0) is 18.5 Å². The van der Waals surface area contributed by atoms with E-state index < -0.39 is 0 Å². The molecule has 0 radical (unpaired) electrons. The monoisotopic (exact) mass is 737 g/mol. The standard InChI is InChI=1S/C37H39N9S4/c1-24(7-8-25-9-10-30-32(17-25)50-35(41-30)43-34-42-31(22-48-34)27-5-3-13-38-18-27)26-11-15-46(16-12-26)20-29-21-47-33(40-29)44-36-45-37(2,23-49-36)28-6-4-14-39-19-28/h3-6,9-10,13-14,17-19,21-22,24,26H,7-8,11-12,15-16,20,23H2,1-2H3,(H,40,44,45)(H,41,42,43). The number of nitrogens with zero attached hydrogens (tertiary/aromatic N) is 7. The highest BCUT2D eigenvalue weighted by Gasteiger charge is 2.33. The summed E-state index contributed by atoms with van der Waals surface area (Å²) in [6, 6.07) is 14.8. The van der Waals surface area contributed by atoms with Crippen LogP contribution in [0, 0.1) is 11.8 Å². The van der Waals surface area contributed by atoms with Crippen molar-refractivity contribution in [3.63, 3.8) is 0 Å². The van der Waals surface area contributed by atoms with Crippen LogP contribution in [0.2, 0.25) is 0 Å². The number of nitrogens with one attached hydrogen (secondary N) is 2. The lowest BCUT2D eigenvalue weighted by atomic mass is 9.82. The number of hydrogen-bond acceptors (Lipinski definition) is 13. The molecule has 7 heterocycles. The third-order valence-electron chi connectivity index (χ3n) is 9.73. The van der Waals surface area contributed by atoms with Crippen LogP contribution in [0.4, 0.5) is 15.4 Å². The van der Waals surface area contributed by atoms with Gasteiger partial charge in [0, 0.05) is 53.4 Å². The summed E-state index contributed by atoms with van der Waals surface area (Å²) in [7, 11) is 0. The summed E-state index contributed by atoms with van der Waals surface area (Å²) in [6.07, 6.45) is 12.1. The van der Waals surface area contributed by atoms with Crippen molar-refractivity contribution < 1.29 is 0 Å². The smallest absolute Gasteiger partial charge is 0.190 e. The lowest BCUT2D eigenvalue weighted by Gasteiger charge is -2.34. The second kappa shape index (κ2) is 14.8. The van der Waals surface area contributed by atoms with E-state index in [1.54, 1.807) is 52.0 Å². The number of aromatic nitrogens is 5. The van der Waals surface area contributed by atoms with Gasteiger partial charge in [-0.2, -0.15) is 0 Å². The van der Waals surface area contributed by atoms with E-state index in [9.17, 15) is 0 Å². The summed E-state index contributed by atoms with van der Waals surface area (Å²) in [5.74, 6) is 2.36. The van der Waals surface area contributed by atoms with Gasteiger partial charge in [-0.3, -0.25) is 19.9 Å². The van der Waals surface area contributed by atoms with E-state index >= 15 is 0 Å². The zero-order valence-electron chi connectivity index (χ0n) is 28.1. The maximum absolute atomic E-state index is 4.98. The fraction of sp³-hybridized carbons (Fsp3) is 0.351. The van der Waals surface area contributed by atoms with Gasteiger partial charge < -0.3 is 10.6 Å². The van der Waals surface area contributed by atoms with Crippen LogP contribution >= 0.6 is 45.8 Å². The molecular formula is C37H39N9S4. The lowest BCUT2D eigenvalue weighted by molar-refractivity contribution is 0.142. The van der Waals surface area contributed by atoms with E-state index in [1.807, 2.05) is 36.8 Å². The molecule has 2 aliphatic rings. The van der Waals surface area contributed by atoms with Crippen LogP contribution in [0.3, 0.4) is 0 Å². The van der Waals surface area contributed by atoms with Crippen LogP contribution in [0.1, 0.15) is 49.9 Å². The molecule has 6 aromatic rings. The van der Waals surface area contributed by atoms with E-state index in [0.717, 1.165) is 86.3 Å². The van der Waals surface area contributed by atoms with Gasteiger partial charge in [0.2, 0.25) is 0 Å². The molecule has 1 aromatic carbocycles. The number of thioether (sulfide) groups is 1. The molecule has 8 rings (SSSR count). The summed E-state index contributed by atoms with van der Waals surface area (Å²) in [6.45, 7) is 7.79. The molecule has 2 atom stereocenters. The Morgan fingerprint density at radius 3 is 2.56 bits per heavy atom. The molecule has 50 heavy (non-hydrogen) atoms. The van der Waals surface area contributed by atoms with Crippen LogP contribution in [0.25, 0.3) is 21.5 Å². The summed E-state index contributed by atoms with van der Waals surface area (Å²) in [5.41, 5.74) is 6.40. The SMILES string of the molecule is CC(CCc1ccc2nc(Nc3nc(-c4cccnc4)cs3)sc2c1)C1CCN(Cc2csc(NC3=NC(C)(c4cccnc4)CS3)n2)CC1. The highest BCUT2D eigenvalue weighted by Crippen LogP contribution is 2.37. The Kier molecular flexibility index (Phi) is 9.92. The third-order valence-corrected chi connectivity index (χ3v) is 13.4. The lowest BCUT2D eigenvalue weighted by Crippen LogP contribution is -2.35. The third kappa shape index (κ3) is 7.76. The van der Waals surface area contributed by atoms with Crippen molar-refractivity contribution in [3.8, 4) is 11.3 Å². The first kappa shape index (κ1) is 33.4. The molecule has 1 saturated heterocycles. The Balaban J connectivity index is 0.790. The van der Waals surface area contributed by atoms with Gasteiger partial charge in [0.05, 0.1) is 27.1 Å². The molecule has 2 aliphatic heterocycles. The second-order valence-electron chi connectivity index (χ2n) is 13.3. The minimum atomic E-state index is -0.255. The molecule has 13 heteroatoms. The molecule has 9 nitrogen and oxygen atoms in total. The number of piperidine rings is 1. The topological polar surface area (TPSA) is 104 Å². The van der Waals surface area contributed by atoms with Crippen molar-refractivity contribution in [1.29, 1.82) is 0 Å². The number of benzene rings is 1. The number of fused-ring (bicyclic) bond motifs is 1. The molecule has 1 fully saturated rings. The Morgan fingerprint density at radius 2 is 1.74 bits per heavy atom. The average Bonchev–Trinajstić information content (AvgIpc) is 3.96. The Morgan fingerprint density at radius 1 is 0.920 bits per heavy atom. The molecule has 256 valence electrons. The van der Waals surface area contributed by atoms with Crippen LogP contribution in [0.5, 0.6) is 0 Å². The summed E-state index contributed by atoms with van der Waals surface area (Å²) >= 11 is 6.69. The largest absolute Gasteiger partial charge is 0.311 e. The van der Waals surface area contributed by atoms with Gasteiger partial charge in [-0.05, 0) is 99.0 Å². The van der Waals surface area contributed by atoms with Crippen molar-refractivity contribution >= 4 is 76.6 Å².